The predicted octanol–water partition coefficient (Wildman–Crippen LogP) is 2.64. The van der Waals surface area contributed by atoms with Gasteiger partial charge in [0, 0.05) is 11.1 Å². The number of hydrogen-bond acceptors (Lipinski definition) is 3. The SMILES string of the molecule is Cc1cc(C(=O)c2ccccc2)cc(O)c1O. The highest BCUT2D eigenvalue weighted by Gasteiger charge is 2.13. The molecule has 0 unspecified atom stereocenters. The van der Waals surface area contributed by atoms with Crippen LogP contribution in [0.2, 0.25) is 0 Å². The summed E-state index contributed by atoms with van der Waals surface area (Å²) in [6.07, 6.45) is 0. The van der Waals surface area contributed by atoms with Crippen LogP contribution in [0.5, 0.6) is 11.5 Å². The first-order chi connectivity index (χ1) is 8.09. The molecule has 0 amide bonds. The van der Waals surface area contributed by atoms with E-state index in [4.69, 9.17) is 0 Å². The number of aryl methyl sites for hydroxylation is 1. The minimum atomic E-state index is -0.274. The summed E-state index contributed by atoms with van der Waals surface area (Å²) in [5.41, 5.74) is 1.39. The molecule has 3 nitrogen and oxygen atoms in total. The average molecular weight is 228 g/mol. The van der Waals surface area contributed by atoms with Gasteiger partial charge in [0.05, 0.1) is 0 Å². The number of aromatic hydroxyl groups is 2. The lowest BCUT2D eigenvalue weighted by Gasteiger charge is -2.06. The van der Waals surface area contributed by atoms with Crippen LogP contribution >= 0.6 is 0 Å². The highest BCUT2D eigenvalue weighted by molar-refractivity contribution is 6.09. The molecule has 0 aliphatic heterocycles. The van der Waals surface area contributed by atoms with Crippen LogP contribution < -0.4 is 0 Å². The van der Waals surface area contributed by atoms with E-state index in [1.54, 1.807) is 37.3 Å². The summed E-state index contributed by atoms with van der Waals surface area (Å²) >= 11 is 0. The van der Waals surface area contributed by atoms with Crippen LogP contribution in [-0.4, -0.2) is 16.0 Å². The fourth-order valence-corrected chi connectivity index (χ4v) is 1.65. The van der Waals surface area contributed by atoms with Crippen molar-refractivity contribution in [1.29, 1.82) is 0 Å². The molecule has 0 fully saturated rings. The molecule has 0 aliphatic carbocycles. The van der Waals surface area contributed by atoms with E-state index in [0.717, 1.165) is 0 Å². The van der Waals surface area contributed by atoms with E-state index in [0.29, 0.717) is 16.7 Å². The molecule has 2 rings (SSSR count). The van der Waals surface area contributed by atoms with Gasteiger partial charge in [0.25, 0.3) is 0 Å². The number of carbonyl (C=O) groups is 1. The van der Waals surface area contributed by atoms with Crippen molar-refractivity contribution < 1.29 is 15.0 Å². The molecule has 17 heavy (non-hydrogen) atoms. The number of benzene rings is 2. The third-order valence-electron chi connectivity index (χ3n) is 2.58. The maximum absolute atomic E-state index is 12.1. The third kappa shape index (κ3) is 2.13. The number of rotatable bonds is 2. The van der Waals surface area contributed by atoms with E-state index in [2.05, 4.69) is 0 Å². The Morgan fingerprint density at radius 3 is 2.24 bits per heavy atom. The van der Waals surface area contributed by atoms with Crippen LogP contribution in [0.1, 0.15) is 21.5 Å². The van der Waals surface area contributed by atoms with Crippen molar-refractivity contribution in [1.82, 2.24) is 0 Å². The molecular formula is C14H12O3. The van der Waals surface area contributed by atoms with Crippen molar-refractivity contribution in [2.45, 2.75) is 6.92 Å². The maximum atomic E-state index is 12.1. The molecule has 0 bridgehead atoms. The van der Waals surface area contributed by atoms with E-state index in [9.17, 15) is 15.0 Å². The zero-order valence-electron chi connectivity index (χ0n) is 9.34. The minimum Gasteiger partial charge on any atom is -0.504 e. The molecule has 0 saturated heterocycles. The van der Waals surface area contributed by atoms with Crippen LogP contribution in [0, 0.1) is 6.92 Å². The van der Waals surface area contributed by atoms with Crippen molar-refractivity contribution in [2.24, 2.45) is 0 Å². The van der Waals surface area contributed by atoms with Gasteiger partial charge in [-0.2, -0.15) is 0 Å². The van der Waals surface area contributed by atoms with Gasteiger partial charge in [-0.3, -0.25) is 4.79 Å². The normalized spacial score (nSPS) is 10.2. The monoisotopic (exact) mass is 228 g/mol. The predicted molar refractivity (Wildman–Crippen MR) is 64.4 cm³/mol. The van der Waals surface area contributed by atoms with Gasteiger partial charge in [-0.05, 0) is 24.6 Å². The molecule has 3 heteroatoms. The molecule has 86 valence electrons. The minimum absolute atomic E-state index is 0.177. The molecule has 0 aliphatic rings. The van der Waals surface area contributed by atoms with Gasteiger partial charge < -0.3 is 10.2 Å². The van der Waals surface area contributed by atoms with Gasteiger partial charge in [-0.1, -0.05) is 30.3 Å². The Morgan fingerprint density at radius 2 is 1.65 bits per heavy atom. The summed E-state index contributed by atoms with van der Waals surface area (Å²) in [4.78, 5) is 12.1. The lowest BCUT2D eigenvalue weighted by atomic mass is 10.0. The Labute approximate surface area is 99.0 Å². The van der Waals surface area contributed by atoms with Crippen LogP contribution in [-0.2, 0) is 0 Å². The second-order valence-corrected chi connectivity index (χ2v) is 3.86. The van der Waals surface area contributed by atoms with Crippen molar-refractivity contribution in [3.63, 3.8) is 0 Å². The lowest BCUT2D eigenvalue weighted by molar-refractivity contribution is 0.103. The lowest BCUT2D eigenvalue weighted by Crippen LogP contribution is -2.01. The third-order valence-corrected chi connectivity index (χ3v) is 2.58. The zero-order valence-corrected chi connectivity index (χ0v) is 9.34. The quantitative estimate of drug-likeness (QED) is 0.613. The molecule has 0 atom stereocenters. The highest BCUT2D eigenvalue weighted by atomic mass is 16.3. The fourth-order valence-electron chi connectivity index (χ4n) is 1.65. The molecule has 2 aromatic rings. The topological polar surface area (TPSA) is 57.5 Å². The molecule has 2 aromatic carbocycles. The van der Waals surface area contributed by atoms with Gasteiger partial charge >= 0.3 is 0 Å². The number of hydrogen-bond donors (Lipinski definition) is 2. The summed E-state index contributed by atoms with van der Waals surface area (Å²) < 4.78 is 0. The second-order valence-electron chi connectivity index (χ2n) is 3.86. The van der Waals surface area contributed by atoms with E-state index in [-0.39, 0.29) is 17.3 Å². The second kappa shape index (κ2) is 4.29. The molecule has 2 N–H and O–H groups in total. The average Bonchev–Trinajstić information content (AvgIpc) is 2.35. The standard InChI is InChI=1S/C14H12O3/c1-9-7-11(8-12(15)13(9)16)14(17)10-5-3-2-4-6-10/h2-8,15-16H,1H3. The first kappa shape index (κ1) is 11.2. The number of phenols is 2. The smallest absolute Gasteiger partial charge is 0.193 e. The van der Waals surface area contributed by atoms with Crippen LogP contribution in [0.4, 0.5) is 0 Å². The molecular weight excluding hydrogens is 216 g/mol. The largest absolute Gasteiger partial charge is 0.504 e. The first-order valence-corrected chi connectivity index (χ1v) is 5.22. The molecule has 0 radical (unpaired) electrons. The van der Waals surface area contributed by atoms with Gasteiger partial charge in [0.15, 0.2) is 17.3 Å². The number of ketones is 1. The Morgan fingerprint density at radius 1 is 1.00 bits per heavy atom. The van der Waals surface area contributed by atoms with Gasteiger partial charge in [0.1, 0.15) is 0 Å². The summed E-state index contributed by atoms with van der Waals surface area (Å²) in [6, 6.07) is 11.6. The first-order valence-electron chi connectivity index (χ1n) is 5.22. The molecule has 0 spiro atoms. The Kier molecular flexibility index (Phi) is 2.83. The van der Waals surface area contributed by atoms with Crippen LogP contribution in [0.15, 0.2) is 42.5 Å². The summed E-state index contributed by atoms with van der Waals surface area (Å²) in [6.45, 7) is 1.64. The van der Waals surface area contributed by atoms with Crippen molar-refractivity contribution in [3.05, 3.63) is 59.2 Å². The Hall–Kier alpha value is -2.29. The summed E-state index contributed by atoms with van der Waals surface area (Å²) in [7, 11) is 0. The Bertz CT molecular complexity index is 536. The van der Waals surface area contributed by atoms with Gasteiger partial charge in [-0.15, -0.1) is 0 Å². The molecule has 0 heterocycles. The summed E-state index contributed by atoms with van der Waals surface area (Å²) in [5.74, 6) is -0.636. The van der Waals surface area contributed by atoms with Crippen LogP contribution in [0.25, 0.3) is 0 Å². The van der Waals surface area contributed by atoms with E-state index >= 15 is 0 Å². The van der Waals surface area contributed by atoms with E-state index < -0.39 is 0 Å². The van der Waals surface area contributed by atoms with Crippen molar-refractivity contribution >= 4 is 5.78 Å². The fraction of sp³-hybridized carbons (Fsp3) is 0.0714. The van der Waals surface area contributed by atoms with Crippen LogP contribution in [0.3, 0.4) is 0 Å². The molecule has 0 aromatic heterocycles. The van der Waals surface area contributed by atoms with Gasteiger partial charge in [0.2, 0.25) is 0 Å². The van der Waals surface area contributed by atoms with E-state index in [1.807, 2.05) is 6.07 Å². The number of carbonyl (C=O) groups excluding carboxylic acids is 1. The Balaban J connectivity index is 2.45. The zero-order chi connectivity index (χ0) is 12.4. The van der Waals surface area contributed by atoms with Crippen molar-refractivity contribution in [2.75, 3.05) is 0 Å². The van der Waals surface area contributed by atoms with E-state index in [1.165, 1.54) is 6.07 Å². The highest BCUT2D eigenvalue weighted by Crippen LogP contribution is 2.30. The molecule has 0 saturated carbocycles. The maximum Gasteiger partial charge on any atom is 0.193 e. The summed E-state index contributed by atoms with van der Waals surface area (Å²) in [5, 5.41) is 18.9. The van der Waals surface area contributed by atoms with Gasteiger partial charge in [-0.25, -0.2) is 0 Å². The number of phenolic OH excluding ortho intramolecular Hbond substituents is 2. The van der Waals surface area contributed by atoms with Crippen molar-refractivity contribution in [3.8, 4) is 11.5 Å².